The first kappa shape index (κ1) is 27.2. The number of carbonyl (C=O) groups excluding carboxylic acids is 2. The second kappa shape index (κ2) is 11.8. The molecule has 0 unspecified atom stereocenters. The minimum atomic E-state index is -0.287. The number of amides is 1. The Bertz CT molecular complexity index is 1640. The highest BCUT2D eigenvalue weighted by molar-refractivity contribution is 6.05. The maximum Gasteiger partial charge on any atom is 0.255 e. The molecule has 0 spiro atoms. The molecule has 204 valence electrons. The van der Waals surface area contributed by atoms with E-state index in [4.69, 9.17) is 15.2 Å². The van der Waals surface area contributed by atoms with Crippen LogP contribution in [0.25, 0.3) is 0 Å². The summed E-state index contributed by atoms with van der Waals surface area (Å²) in [6, 6.07) is 37.1. The Kier molecular flexibility index (Phi) is 7.83. The number of rotatable bonds is 9. The molecule has 0 radical (unpaired) electrons. The molecule has 0 heterocycles. The lowest BCUT2D eigenvalue weighted by Crippen LogP contribution is -2.18. The summed E-state index contributed by atoms with van der Waals surface area (Å²) in [5.41, 5.74) is 10.0. The summed E-state index contributed by atoms with van der Waals surface area (Å²) in [6.45, 7) is 4.36. The highest BCUT2D eigenvalue weighted by atomic mass is 16.5. The van der Waals surface area contributed by atoms with Crippen LogP contribution in [0.15, 0.2) is 121 Å². The number of nitrogens with two attached hydrogens (primary N) is 1. The molecule has 0 saturated carbocycles. The zero-order chi connectivity index (χ0) is 28.8. The molecule has 0 bridgehead atoms. The molecule has 41 heavy (non-hydrogen) atoms. The van der Waals surface area contributed by atoms with Crippen molar-refractivity contribution in [2.24, 2.45) is 0 Å². The normalized spacial score (nSPS) is 11.0. The zero-order valence-electron chi connectivity index (χ0n) is 22.8. The first-order valence-electron chi connectivity index (χ1n) is 13.2. The number of benzene rings is 5. The van der Waals surface area contributed by atoms with E-state index in [-0.39, 0.29) is 11.3 Å². The van der Waals surface area contributed by atoms with Crippen LogP contribution in [0.4, 0.5) is 11.4 Å². The van der Waals surface area contributed by atoms with Gasteiger partial charge in [-0.15, -0.1) is 0 Å². The largest absolute Gasteiger partial charge is 0.457 e. The van der Waals surface area contributed by atoms with Gasteiger partial charge in [-0.05, 0) is 96.1 Å². The molecule has 3 N–H and O–H groups in total. The van der Waals surface area contributed by atoms with Crippen LogP contribution in [0, 0.1) is 0 Å². The van der Waals surface area contributed by atoms with Gasteiger partial charge in [0.05, 0.1) is 0 Å². The van der Waals surface area contributed by atoms with Crippen molar-refractivity contribution >= 4 is 23.6 Å². The van der Waals surface area contributed by atoms with Crippen LogP contribution in [0.3, 0.4) is 0 Å². The van der Waals surface area contributed by atoms with Gasteiger partial charge in [0.1, 0.15) is 29.3 Å². The number of hydrogen-bond acceptors (Lipinski definition) is 5. The number of nitrogen functional groups attached to an aromatic ring is 1. The Labute approximate surface area is 239 Å². The third-order valence-corrected chi connectivity index (χ3v) is 6.90. The third kappa shape index (κ3) is 6.62. The smallest absolute Gasteiger partial charge is 0.255 e. The highest BCUT2D eigenvalue weighted by Gasteiger charge is 2.23. The van der Waals surface area contributed by atoms with Gasteiger partial charge in [-0.1, -0.05) is 50.2 Å². The quantitative estimate of drug-likeness (QED) is 0.145. The molecule has 6 nitrogen and oxygen atoms in total. The minimum Gasteiger partial charge on any atom is -0.457 e. The van der Waals surface area contributed by atoms with Crippen LogP contribution < -0.4 is 20.5 Å². The van der Waals surface area contributed by atoms with Gasteiger partial charge in [0.15, 0.2) is 0 Å². The monoisotopic (exact) mass is 542 g/mol. The average molecular weight is 543 g/mol. The predicted molar refractivity (Wildman–Crippen MR) is 162 cm³/mol. The first-order chi connectivity index (χ1) is 19.8. The Morgan fingerprint density at radius 1 is 0.683 bits per heavy atom. The highest BCUT2D eigenvalue weighted by Crippen LogP contribution is 2.35. The lowest BCUT2D eigenvalue weighted by Gasteiger charge is -2.26. The molecule has 0 aromatic heterocycles. The van der Waals surface area contributed by atoms with Crippen molar-refractivity contribution < 1.29 is 19.1 Å². The van der Waals surface area contributed by atoms with Gasteiger partial charge >= 0.3 is 0 Å². The lowest BCUT2D eigenvalue weighted by atomic mass is 9.78. The van der Waals surface area contributed by atoms with Crippen LogP contribution in [0.1, 0.15) is 45.7 Å². The summed E-state index contributed by atoms with van der Waals surface area (Å²) in [6.07, 6.45) is 0.716. The predicted octanol–water partition coefficient (Wildman–Crippen LogP) is 8.24. The van der Waals surface area contributed by atoms with Crippen molar-refractivity contribution in [2.45, 2.75) is 19.3 Å². The summed E-state index contributed by atoms with van der Waals surface area (Å²) in [5.74, 6) is 2.57. The van der Waals surface area contributed by atoms with E-state index in [0.29, 0.717) is 40.3 Å². The summed E-state index contributed by atoms with van der Waals surface area (Å²) < 4.78 is 12.0. The molecule has 5 aromatic carbocycles. The molecule has 0 fully saturated rings. The van der Waals surface area contributed by atoms with Crippen molar-refractivity contribution in [3.8, 4) is 23.0 Å². The van der Waals surface area contributed by atoms with E-state index < -0.39 is 0 Å². The lowest BCUT2D eigenvalue weighted by molar-refractivity contribution is 0.102. The van der Waals surface area contributed by atoms with E-state index in [0.717, 1.165) is 22.6 Å². The average Bonchev–Trinajstić information content (AvgIpc) is 3.00. The summed E-state index contributed by atoms with van der Waals surface area (Å²) in [7, 11) is 0. The molecule has 1 amide bonds. The Morgan fingerprint density at radius 3 is 1.63 bits per heavy atom. The van der Waals surface area contributed by atoms with Gasteiger partial charge in [-0.3, -0.25) is 9.59 Å². The van der Waals surface area contributed by atoms with E-state index in [1.54, 1.807) is 48.5 Å². The van der Waals surface area contributed by atoms with Crippen molar-refractivity contribution in [3.63, 3.8) is 0 Å². The first-order valence-corrected chi connectivity index (χ1v) is 13.2. The van der Waals surface area contributed by atoms with Crippen LogP contribution in [-0.2, 0) is 5.41 Å². The number of hydrogen-bond donors (Lipinski definition) is 2. The molecule has 0 aliphatic rings. The number of nitrogens with one attached hydrogen (secondary N) is 1. The van der Waals surface area contributed by atoms with Crippen LogP contribution in [0.5, 0.6) is 23.0 Å². The third-order valence-electron chi connectivity index (χ3n) is 6.90. The van der Waals surface area contributed by atoms with Crippen LogP contribution in [0.2, 0.25) is 0 Å². The van der Waals surface area contributed by atoms with Crippen LogP contribution in [-0.4, -0.2) is 12.2 Å². The molecule has 5 aromatic rings. The Balaban J connectivity index is 1.20. The maximum absolute atomic E-state index is 12.5. The summed E-state index contributed by atoms with van der Waals surface area (Å²) in [5, 5.41) is 2.83. The van der Waals surface area contributed by atoms with Crippen molar-refractivity contribution in [3.05, 3.63) is 144 Å². The van der Waals surface area contributed by atoms with E-state index >= 15 is 0 Å². The molecule has 0 atom stereocenters. The molecule has 6 heteroatoms. The summed E-state index contributed by atoms with van der Waals surface area (Å²) >= 11 is 0. The fourth-order valence-electron chi connectivity index (χ4n) is 4.42. The van der Waals surface area contributed by atoms with Crippen molar-refractivity contribution in [2.75, 3.05) is 11.1 Å². The molecule has 5 rings (SSSR count). The maximum atomic E-state index is 12.5. The standard InChI is InChI=1S/C35H30N2O4/c1-35(2,26-6-14-30(15-7-26)40-32-18-10-28(36)11-19-32)27-8-16-31(17-9-27)41-33-20-12-29(13-21-33)37-34(39)25-5-3-4-24(22-25)23-38/h3-23H,36H2,1-2H3,(H,37,39). The van der Waals surface area contributed by atoms with E-state index in [9.17, 15) is 9.59 Å². The number of aldehydes is 1. The second-order valence-corrected chi connectivity index (χ2v) is 10.2. The van der Waals surface area contributed by atoms with Gasteiger partial charge in [0, 0.05) is 27.9 Å². The summed E-state index contributed by atoms with van der Waals surface area (Å²) in [4.78, 5) is 23.5. The second-order valence-electron chi connectivity index (χ2n) is 10.2. The number of ether oxygens (including phenoxy) is 2. The molecule has 0 aliphatic carbocycles. The zero-order valence-corrected chi connectivity index (χ0v) is 22.8. The van der Waals surface area contributed by atoms with E-state index in [2.05, 4.69) is 43.4 Å². The minimum absolute atomic E-state index is 0.233. The SMILES string of the molecule is CC(C)(c1ccc(Oc2ccc(N)cc2)cc1)c1ccc(Oc2ccc(NC(=O)c3cccc(C=O)c3)cc2)cc1. The fourth-order valence-corrected chi connectivity index (χ4v) is 4.42. The van der Waals surface area contributed by atoms with Gasteiger partial charge in [-0.2, -0.15) is 0 Å². The van der Waals surface area contributed by atoms with Crippen molar-refractivity contribution in [1.82, 2.24) is 0 Å². The van der Waals surface area contributed by atoms with E-state index in [1.807, 2.05) is 48.5 Å². The van der Waals surface area contributed by atoms with Gasteiger partial charge < -0.3 is 20.5 Å². The Morgan fingerprint density at radius 2 is 1.15 bits per heavy atom. The van der Waals surface area contributed by atoms with Crippen molar-refractivity contribution in [1.29, 1.82) is 0 Å². The topological polar surface area (TPSA) is 90.7 Å². The Hall–Kier alpha value is -5.36. The number of anilines is 2. The molecular formula is C35H30N2O4. The molecule has 0 aliphatic heterocycles. The fraction of sp³-hybridized carbons (Fsp3) is 0.0857. The van der Waals surface area contributed by atoms with Gasteiger partial charge in [0.2, 0.25) is 0 Å². The van der Waals surface area contributed by atoms with Gasteiger partial charge in [0.25, 0.3) is 5.91 Å². The van der Waals surface area contributed by atoms with E-state index in [1.165, 1.54) is 0 Å². The van der Waals surface area contributed by atoms with Gasteiger partial charge in [-0.25, -0.2) is 0 Å². The molecular weight excluding hydrogens is 512 g/mol. The molecule has 0 saturated heterocycles. The number of carbonyl (C=O) groups is 2. The van der Waals surface area contributed by atoms with Crippen LogP contribution >= 0.6 is 0 Å².